The molecule has 1 aromatic heterocycles. The number of aromatic amines is 1. The van der Waals surface area contributed by atoms with Gasteiger partial charge in [-0.3, -0.25) is 9.89 Å². The molecule has 0 saturated heterocycles. The summed E-state index contributed by atoms with van der Waals surface area (Å²) in [6.45, 7) is 0. The van der Waals surface area contributed by atoms with Gasteiger partial charge in [-0.2, -0.15) is 9.77 Å². The van der Waals surface area contributed by atoms with E-state index < -0.39 is 5.56 Å². The third-order valence-corrected chi connectivity index (χ3v) is 3.11. The summed E-state index contributed by atoms with van der Waals surface area (Å²) in [7, 11) is 3.12. The zero-order valence-corrected chi connectivity index (χ0v) is 11.9. The normalized spacial score (nSPS) is 10.3. The quantitative estimate of drug-likeness (QED) is 0.634. The van der Waals surface area contributed by atoms with Gasteiger partial charge in [-0.1, -0.05) is 6.07 Å². The molecule has 3 N–H and O–H groups in total. The Hall–Kier alpha value is -2.35. The van der Waals surface area contributed by atoms with E-state index >= 15 is 0 Å². The number of nitrogen functional groups attached to an aromatic ring is 1. The first kappa shape index (κ1) is 14.1. The van der Waals surface area contributed by atoms with E-state index in [9.17, 15) is 4.79 Å². The fraction of sp³-hybridized carbons (Fsp3) is 0.250. The van der Waals surface area contributed by atoms with Gasteiger partial charge in [0.05, 0.1) is 14.2 Å². The number of rotatable bonds is 4. The van der Waals surface area contributed by atoms with E-state index in [1.165, 1.54) is 0 Å². The highest BCUT2D eigenvalue weighted by atomic mass is 32.1. The van der Waals surface area contributed by atoms with Gasteiger partial charge in [0, 0.05) is 18.1 Å². The lowest BCUT2D eigenvalue weighted by molar-refractivity contribution is 0.391. The van der Waals surface area contributed by atoms with Gasteiger partial charge in [0.1, 0.15) is 17.2 Å². The molecule has 0 saturated carbocycles. The summed E-state index contributed by atoms with van der Waals surface area (Å²) in [5, 5.41) is 6.45. The van der Waals surface area contributed by atoms with Crippen molar-refractivity contribution in [2.24, 2.45) is 0 Å². The number of nitrogens with zero attached hydrogens (tertiary/aromatic N) is 2. The highest BCUT2D eigenvalue weighted by Crippen LogP contribution is 2.25. The third kappa shape index (κ3) is 2.64. The summed E-state index contributed by atoms with van der Waals surface area (Å²) in [4.78, 5) is 11.9. The van der Waals surface area contributed by atoms with Gasteiger partial charge >= 0.3 is 0 Å². The molecule has 2 rings (SSSR count). The summed E-state index contributed by atoms with van der Waals surface area (Å²) in [6.07, 6.45) is 0.273. The van der Waals surface area contributed by atoms with Crippen molar-refractivity contribution < 1.29 is 9.47 Å². The van der Waals surface area contributed by atoms with Gasteiger partial charge < -0.3 is 15.3 Å². The standard InChI is InChI=1S/C12H14N4O3S/c1-18-8-4-3-7(10(6-8)19-2)5-9-11(17)16(13)12(20)15-14-9/h3-4,6H,5,13H2,1-2H3,(H,15,20). The van der Waals surface area contributed by atoms with E-state index in [4.69, 9.17) is 27.5 Å². The Morgan fingerprint density at radius 1 is 1.40 bits per heavy atom. The Bertz CT molecular complexity index is 738. The van der Waals surface area contributed by atoms with Gasteiger partial charge in [-0.05, 0) is 18.3 Å². The summed E-state index contributed by atoms with van der Waals surface area (Å²) < 4.78 is 11.3. The first-order chi connectivity index (χ1) is 9.56. The monoisotopic (exact) mass is 294 g/mol. The van der Waals surface area contributed by atoms with Crippen LogP contribution in [0.4, 0.5) is 0 Å². The van der Waals surface area contributed by atoms with Crippen LogP contribution in [-0.4, -0.2) is 29.1 Å². The summed E-state index contributed by atoms with van der Waals surface area (Å²) in [5.41, 5.74) is 0.611. The predicted octanol–water partition coefficient (Wildman–Crippen LogP) is 0.623. The topological polar surface area (TPSA) is 95.2 Å². The van der Waals surface area contributed by atoms with E-state index in [0.717, 1.165) is 10.2 Å². The van der Waals surface area contributed by atoms with Crippen LogP contribution >= 0.6 is 12.2 Å². The van der Waals surface area contributed by atoms with Crippen LogP contribution in [0, 0.1) is 4.77 Å². The molecule has 0 aliphatic carbocycles. The fourth-order valence-corrected chi connectivity index (χ4v) is 1.87. The maximum atomic E-state index is 11.9. The Labute approximate surface area is 119 Å². The SMILES string of the molecule is COc1ccc(Cc2n[nH]c(=S)n(N)c2=O)c(OC)c1. The molecule has 1 aromatic carbocycles. The molecule has 0 aliphatic heterocycles. The first-order valence-corrected chi connectivity index (χ1v) is 6.14. The van der Waals surface area contributed by atoms with Crippen LogP contribution in [0.2, 0.25) is 0 Å². The van der Waals surface area contributed by atoms with Crippen LogP contribution in [-0.2, 0) is 6.42 Å². The minimum absolute atomic E-state index is 0.0699. The van der Waals surface area contributed by atoms with Crippen LogP contribution in [0.15, 0.2) is 23.0 Å². The Morgan fingerprint density at radius 3 is 2.80 bits per heavy atom. The van der Waals surface area contributed by atoms with Crippen molar-refractivity contribution in [2.45, 2.75) is 6.42 Å². The molecule has 0 spiro atoms. The second kappa shape index (κ2) is 5.74. The summed E-state index contributed by atoms with van der Waals surface area (Å²) >= 11 is 4.83. The number of H-pyrrole nitrogens is 1. The molecule has 20 heavy (non-hydrogen) atoms. The minimum atomic E-state index is -0.438. The summed E-state index contributed by atoms with van der Waals surface area (Å²) in [6, 6.07) is 5.33. The molecular weight excluding hydrogens is 280 g/mol. The maximum absolute atomic E-state index is 11.9. The van der Waals surface area contributed by atoms with Gasteiger partial charge in [-0.25, -0.2) is 0 Å². The van der Waals surface area contributed by atoms with Crippen LogP contribution < -0.4 is 20.9 Å². The van der Waals surface area contributed by atoms with E-state index in [2.05, 4.69) is 10.2 Å². The molecule has 2 aromatic rings. The van der Waals surface area contributed by atoms with E-state index in [1.807, 2.05) is 0 Å². The molecule has 8 heteroatoms. The lowest BCUT2D eigenvalue weighted by atomic mass is 10.1. The Balaban J connectivity index is 2.42. The number of ether oxygens (including phenoxy) is 2. The minimum Gasteiger partial charge on any atom is -0.497 e. The highest BCUT2D eigenvalue weighted by Gasteiger charge is 2.11. The van der Waals surface area contributed by atoms with Crippen molar-refractivity contribution in [3.05, 3.63) is 44.6 Å². The van der Waals surface area contributed by atoms with Gasteiger partial charge in [0.15, 0.2) is 0 Å². The number of hydrogen-bond acceptors (Lipinski definition) is 6. The zero-order chi connectivity index (χ0) is 14.7. The third-order valence-electron chi connectivity index (χ3n) is 2.82. The van der Waals surface area contributed by atoms with Crippen molar-refractivity contribution in [3.8, 4) is 11.5 Å². The first-order valence-electron chi connectivity index (χ1n) is 5.73. The van der Waals surface area contributed by atoms with Crippen molar-refractivity contribution in [1.82, 2.24) is 14.9 Å². The van der Waals surface area contributed by atoms with Crippen molar-refractivity contribution in [1.29, 1.82) is 0 Å². The fourth-order valence-electron chi connectivity index (χ4n) is 1.74. The van der Waals surface area contributed by atoms with Crippen molar-refractivity contribution in [2.75, 3.05) is 20.1 Å². The average molecular weight is 294 g/mol. The van der Waals surface area contributed by atoms with E-state index in [-0.39, 0.29) is 16.9 Å². The number of methoxy groups -OCH3 is 2. The van der Waals surface area contributed by atoms with Crippen molar-refractivity contribution >= 4 is 12.2 Å². The molecule has 0 amide bonds. The molecule has 0 radical (unpaired) electrons. The number of nitrogens with two attached hydrogens (primary N) is 1. The maximum Gasteiger partial charge on any atom is 0.295 e. The Kier molecular flexibility index (Phi) is 4.04. The van der Waals surface area contributed by atoms with Crippen LogP contribution in [0.5, 0.6) is 11.5 Å². The average Bonchev–Trinajstić information content (AvgIpc) is 2.48. The number of hydrogen-bond donors (Lipinski definition) is 2. The molecular formula is C12H14N4O3S. The lowest BCUT2D eigenvalue weighted by Crippen LogP contribution is -2.32. The van der Waals surface area contributed by atoms with Crippen LogP contribution in [0.25, 0.3) is 0 Å². The number of nitrogens with one attached hydrogen (secondary N) is 1. The van der Waals surface area contributed by atoms with Crippen molar-refractivity contribution in [3.63, 3.8) is 0 Å². The second-order valence-corrected chi connectivity index (χ2v) is 4.39. The van der Waals surface area contributed by atoms with Gasteiger partial charge in [0.2, 0.25) is 4.77 Å². The molecule has 0 bridgehead atoms. The largest absolute Gasteiger partial charge is 0.497 e. The zero-order valence-electron chi connectivity index (χ0n) is 11.0. The van der Waals surface area contributed by atoms with Crippen LogP contribution in [0.1, 0.15) is 11.3 Å². The van der Waals surface area contributed by atoms with E-state index in [0.29, 0.717) is 11.5 Å². The smallest absolute Gasteiger partial charge is 0.295 e. The van der Waals surface area contributed by atoms with E-state index in [1.54, 1.807) is 32.4 Å². The molecule has 7 nitrogen and oxygen atoms in total. The molecule has 0 unspecified atom stereocenters. The van der Waals surface area contributed by atoms with Gasteiger partial charge in [-0.15, -0.1) is 0 Å². The molecule has 0 atom stereocenters. The van der Waals surface area contributed by atoms with Crippen LogP contribution in [0.3, 0.4) is 0 Å². The molecule has 1 heterocycles. The van der Waals surface area contributed by atoms with Gasteiger partial charge in [0.25, 0.3) is 5.56 Å². The number of benzene rings is 1. The number of aromatic nitrogens is 3. The Morgan fingerprint density at radius 2 is 2.15 bits per heavy atom. The summed E-state index contributed by atoms with van der Waals surface area (Å²) in [5.74, 6) is 6.81. The highest BCUT2D eigenvalue weighted by molar-refractivity contribution is 7.71. The molecule has 106 valence electrons. The molecule has 0 fully saturated rings. The second-order valence-electron chi connectivity index (χ2n) is 4.01. The molecule has 0 aliphatic rings. The lowest BCUT2D eigenvalue weighted by Gasteiger charge is -2.10. The predicted molar refractivity (Wildman–Crippen MR) is 76.2 cm³/mol.